The molecular formula is C46H70N14O34P6S. The number of phosphoric acid groups is 6. The van der Waals surface area contributed by atoms with Gasteiger partial charge in [-0.05, 0) is 6.42 Å². The van der Waals surface area contributed by atoms with Gasteiger partial charge in [0.05, 0.1) is 39.1 Å². The lowest BCUT2D eigenvalue weighted by Crippen LogP contribution is -2.46. The van der Waals surface area contributed by atoms with E-state index in [2.05, 4.69) is 53.7 Å². The Morgan fingerprint density at radius 3 is 1.67 bits per heavy atom. The van der Waals surface area contributed by atoms with Gasteiger partial charge < -0.3 is 112 Å². The van der Waals surface area contributed by atoms with Crippen LogP contribution in [0.4, 0.5) is 11.6 Å². The Labute approximate surface area is 571 Å². The summed E-state index contributed by atoms with van der Waals surface area (Å²) in [5.41, 5.74) is 15.4. The molecule has 8 heterocycles. The fraction of sp³-hybridized carbons (Fsp3) is 0.609. The van der Waals surface area contributed by atoms with Crippen LogP contribution in [0, 0.1) is 17.3 Å². The number of ether oxygens (including phenoxy) is 3. The summed E-state index contributed by atoms with van der Waals surface area (Å²) >= 11 is 0.771. The summed E-state index contributed by atoms with van der Waals surface area (Å²) in [7, 11) is -33.5. The molecule has 4 aromatic rings. The number of phosphoric ester groups is 6. The van der Waals surface area contributed by atoms with Crippen LogP contribution in [0.5, 0.6) is 0 Å². The number of anilines is 2. The number of aromatic nitrogens is 8. The quantitative estimate of drug-likeness (QED) is 0.0156. The summed E-state index contributed by atoms with van der Waals surface area (Å²) in [4.78, 5) is 156. The van der Waals surface area contributed by atoms with Crippen molar-refractivity contribution in [2.45, 2.75) is 113 Å². The van der Waals surface area contributed by atoms with Crippen molar-refractivity contribution in [3.05, 3.63) is 49.4 Å². The summed E-state index contributed by atoms with van der Waals surface area (Å²) in [6.45, 7) is -0.997. The number of imidazole rings is 2. The van der Waals surface area contributed by atoms with E-state index in [1.807, 2.05) is 0 Å². The van der Waals surface area contributed by atoms with Gasteiger partial charge in [0.15, 0.2) is 46.7 Å². The highest BCUT2D eigenvalue weighted by atomic mass is 32.2. The second-order valence-electron chi connectivity index (χ2n) is 22.9. The Bertz CT molecular complexity index is 4050. The van der Waals surface area contributed by atoms with Crippen molar-refractivity contribution in [1.29, 1.82) is 0 Å². The predicted molar refractivity (Wildman–Crippen MR) is 333 cm³/mol. The lowest BCUT2D eigenvalue weighted by molar-refractivity contribution is -0.137. The first-order valence-electron chi connectivity index (χ1n) is 29.1. The lowest BCUT2D eigenvalue weighted by Gasteiger charge is -2.33. The normalized spacial score (nSPS) is 28.1. The van der Waals surface area contributed by atoms with Gasteiger partial charge in [0.1, 0.15) is 84.7 Å². The minimum absolute atomic E-state index is 0.00909. The largest absolute Gasteiger partial charge is 0.481 e. The average Bonchev–Trinajstić information content (AvgIpc) is 1.64. The molecule has 3 fully saturated rings. The van der Waals surface area contributed by atoms with Gasteiger partial charge in [0.25, 0.3) is 0 Å². The molecule has 4 aromatic heterocycles. The van der Waals surface area contributed by atoms with Crippen molar-refractivity contribution in [1.82, 2.24) is 54.6 Å². The molecule has 0 spiro atoms. The summed E-state index contributed by atoms with van der Waals surface area (Å²) < 4.78 is 131. The molecule has 0 radical (unpaired) electrons. The number of carbonyl (C=O) groups is 4. The second kappa shape index (κ2) is 32.7. The Morgan fingerprint density at radius 1 is 0.644 bits per heavy atom. The number of rotatable bonds is 35. The number of primary amides is 1. The molecule has 8 rings (SSSR count). The number of hydrogen-bond donors (Lipinski definition) is 18. The molecule has 101 heavy (non-hydrogen) atoms. The zero-order valence-electron chi connectivity index (χ0n) is 52.3. The number of allylic oxidation sites excluding steroid dienone is 1. The molecule has 48 nitrogen and oxygen atoms in total. The lowest BCUT2D eigenvalue weighted by atomic mass is 9.83. The Morgan fingerprint density at radius 2 is 1.14 bits per heavy atom. The van der Waals surface area contributed by atoms with Crippen LogP contribution in [0.25, 0.3) is 22.3 Å². The predicted octanol–water partition coefficient (Wildman–Crippen LogP) is -3.64. The number of nitrogens with one attached hydrogen (secondary N) is 2. The van der Waals surface area contributed by atoms with Gasteiger partial charge in [0.2, 0.25) is 17.7 Å². The molecule has 3 amide bonds. The van der Waals surface area contributed by atoms with E-state index in [4.69, 9.17) is 54.0 Å². The Kier molecular flexibility index (Phi) is 26.4. The number of aliphatic hydroxyl groups excluding tert-OH is 5. The number of carbonyl (C=O) groups excluding carboxylic acids is 4. The maximum atomic E-state index is 13.6. The molecule has 4 aliphatic rings. The van der Waals surface area contributed by atoms with E-state index in [1.165, 1.54) is 26.1 Å². The molecular weight excluding hydrogens is 1510 g/mol. The molecule has 4 aliphatic heterocycles. The smallest absolute Gasteiger partial charge is 0.387 e. The molecule has 19 atom stereocenters. The summed E-state index contributed by atoms with van der Waals surface area (Å²) in [6, 6.07) is 0. The molecule has 3 saturated heterocycles. The molecule has 0 aromatic carbocycles. The molecule has 0 bridgehead atoms. The number of aliphatic hydroxyl groups is 5. The van der Waals surface area contributed by atoms with Crippen molar-refractivity contribution in [2.24, 2.45) is 23.0 Å². The molecule has 564 valence electrons. The number of nitrogens with zero attached hydrogens (tertiary/aromatic N) is 9. The number of nitrogen functional groups attached to an aromatic ring is 2. The fourth-order valence-electron chi connectivity index (χ4n) is 10.3. The van der Waals surface area contributed by atoms with Gasteiger partial charge in [0, 0.05) is 60.5 Å². The van der Waals surface area contributed by atoms with Crippen molar-refractivity contribution < 1.29 is 161 Å². The maximum absolute atomic E-state index is 13.6. The van der Waals surface area contributed by atoms with Gasteiger partial charge in [-0.15, -0.1) is 0 Å². The first-order chi connectivity index (χ1) is 46.9. The van der Waals surface area contributed by atoms with E-state index in [0.717, 1.165) is 57.3 Å². The Balaban J connectivity index is 0.738. The van der Waals surface area contributed by atoms with Crippen LogP contribution < -0.4 is 27.8 Å². The van der Waals surface area contributed by atoms with Crippen LogP contribution in [-0.4, -0.2) is 244 Å². The third kappa shape index (κ3) is 20.9. The number of hydrogen-bond acceptors (Lipinski definition) is 36. The second-order valence-corrected chi connectivity index (χ2v) is 32.4. The van der Waals surface area contributed by atoms with Crippen LogP contribution in [-0.2, 0) is 96.5 Å². The van der Waals surface area contributed by atoms with Crippen molar-refractivity contribution in [3.63, 3.8) is 0 Å². The van der Waals surface area contributed by atoms with Gasteiger partial charge in [-0.25, -0.2) is 57.3 Å². The van der Waals surface area contributed by atoms with Gasteiger partial charge in [-0.1, -0.05) is 38.6 Å². The highest BCUT2D eigenvalue weighted by Gasteiger charge is 2.53. The third-order valence-corrected chi connectivity index (χ3v) is 22.4. The minimum atomic E-state index is -5.70. The zero-order chi connectivity index (χ0) is 74.7. The maximum Gasteiger partial charge on any atom is 0.481 e. The van der Waals surface area contributed by atoms with Gasteiger partial charge in [-0.3, -0.25) is 55.5 Å². The van der Waals surface area contributed by atoms with E-state index in [1.54, 1.807) is 6.92 Å². The molecule has 6 unspecified atom stereocenters. The number of amides is 3. The summed E-state index contributed by atoms with van der Waals surface area (Å²) in [6.07, 6.45) is -16.1. The van der Waals surface area contributed by atoms with Crippen LogP contribution in [0.3, 0.4) is 0 Å². The highest BCUT2D eigenvalue weighted by molar-refractivity contribution is 8.13. The molecule has 0 aliphatic carbocycles. The number of nitrogens with two attached hydrogens (primary N) is 3. The van der Waals surface area contributed by atoms with Crippen LogP contribution in [0.1, 0.15) is 46.1 Å². The van der Waals surface area contributed by atoms with Crippen LogP contribution in [0.2, 0.25) is 0 Å². The van der Waals surface area contributed by atoms with Crippen LogP contribution in [0.15, 0.2) is 49.4 Å². The van der Waals surface area contributed by atoms with Gasteiger partial charge in [-0.2, -0.15) is 8.62 Å². The summed E-state index contributed by atoms with van der Waals surface area (Å²) in [5, 5.41) is 58.9. The first-order valence-corrected chi connectivity index (χ1v) is 39.1. The van der Waals surface area contributed by atoms with Crippen molar-refractivity contribution in [2.75, 3.05) is 56.7 Å². The van der Waals surface area contributed by atoms with Gasteiger partial charge >= 0.3 is 46.9 Å². The topological polar surface area (TPSA) is 728 Å². The highest BCUT2D eigenvalue weighted by Crippen LogP contribution is 2.62. The first kappa shape index (κ1) is 81.5. The van der Waals surface area contributed by atoms with Crippen molar-refractivity contribution >= 4 is 115 Å². The van der Waals surface area contributed by atoms with E-state index in [9.17, 15) is 111 Å². The molecule has 55 heteroatoms. The summed E-state index contributed by atoms with van der Waals surface area (Å²) in [5.74, 6) is -4.90. The Hall–Kier alpha value is -5.17. The molecule has 0 saturated carbocycles. The monoisotopic (exact) mass is 1580 g/mol. The zero-order valence-corrected chi connectivity index (χ0v) is 58.5. The standard InChI is InChI=1S/C46H70N14O34P6S/c1-4-20(21-6-9-58(11-22(21)38(49)67)42-31(64)29(62)23(88-42)12-84-97(76,77)93-98(78,79)85-13-24-30(63)34(92-96(73,74)75)44(89-24)60-19-57-28-37(48)53-17-55-40(28)60)45(69)101-10-8-50-26(61)5-7-51-41(68)35(66)46(2,3)15-87-100(82,83)94-99(80,81)86-14-25-33(91-95(70,71)72)32(65)43(90-25)59-18-56-27-36(47)52-16-54-39(27)59/h6,9,11,16-21,23-25,29-35,42-44,62-66H,4-5,7-8,10,12-15H2,1-3H3,(H2,49,67)(H,50,61)(H,51,68)(H,76,77)(H,78,79)(H,80,81)(H,82,83)(H2,47,52,54)(H2,48,53,55)(H2,70,71,72)(H2,73,74,75)/t20?,21?,23-,24-,25-,29-,30-,31-,32-,33-,34-,35+,42-,43-,44-/m1/s1. The van der Waals surface area contributed by atoms with Crippen molar-refractivity contribution in [3.8, 4) is 0 Å². The third-order valence-electron chi connectivity index (χ3n) is 15.2. The van der Waals surface area contributed by atoms with E-state index in [-0.39, 0.29) is 71.2 Å². The minimum Gasteiger partial charge on any atom is -0.387 e. The van der Waals surface area contributed by atoms with E-state index in [0.29, 0.717) is 0 Å². The SMILES string of the molecule is CCC(C(=O)SCCNC(=O)CCNC(=O)[C@H](O)C(C)(C)COP(=O)(O)OP(=O)(O)OC[C@H]1O[C@@H](n2cnc3c(N)ncnc32)[C@H](O)[C@@H]1OP(=O)(O)O)C1C=CN([C@@H]2O[C@H](COP(=O)(O)OP(=O)(O)OC[C@H]3O[C@@H](n4cnc5c(N)ncnc54)[C@H](OP(=O)(O)O)[C@@H]3O)[C@@H](O)[C@H]2O)C=C1C(N)=O. The van der Waals surface area contributed by atoms with E-state index < -0.39 is 193 Å². The number of thioether (sulfide) groups is 1. The fourth-order valence-corrected chi connectivity index (χ4v) is 16.7. The molecule has 21 N–H and O–H groups in total. The van der Waals surface area contributed by atoms with E-state index >= 15 is 0 Å². The number of fused-ring (bicyclic) bond motifs is 2. The average molecular weight is 1580 g/mol. The van der Waals surface area contributed by atoms with Crippen LogP contribution >= 0.6 is 58.7 Å².